The summed E-state index contributed by atoms with van der Waals surface area (Å²) in [5.41, 5.74) is 2.02. The van der Waals surface area contributed by atoms with Crippen molar-refractivity contribution in [1.29, 1.82) is 0 Å². The van der Waals surface area contributed by atoms with Crippen LogP contribution in [0.1, 0.15) is 30.0 Å². The van der Waals surface area contributed by atoms with Crippen LogP contribution in [0.2, 0.25) is 0 Å². The molecular weight excluding hydrogens is 273 g/mol. The first-order chi connectivity index (χ1) is 9.99. The summed E-state index contributed by atoms with van der Waals surface area (Å²) in [5.74, 6) is 0.590. The Morgan fingerprint density at radius 1 is 1.29 bits per heavy atom. The highest BCUT2D eigenvalue weighted by Gasteiger charge is 2.11. The Kier molecular flexibility index (Phi) is 4.75. The van der Waals surface area contributed by atoms with Gasteiger partial charge in [-0.3, -0.25) is 4.98 Å². The van der Waals surface area contributed by atoms with Gasteiger partial charge in [-0.15, -0.1) is 0 Å². The van der Waals surface area contributed by atoms with E-state index in [4.69, 9.17) is 9.47 Å². The SMILES string of the molecule is COc1cc(C)nc(COc2cc(F)ccc2[C@@H](C)O)c1. The van der Waals surface area contributed by atoms with Crippen LogP contribution in [0.3, 0.4) is 0 Å². The highest BCUT2D eigenvalue weighted by molar-refractivity contribution is 5.36. The summed E-state index contributed by atoms with van der Waals surface area (Å²) in [7, 11) is 1.58. The molecule has 0 bridgehead atoms. The summed E-state index contributed by atoms with van der Waals surface area (Å²) in [6.07, 6.45) is -0.736. The number of hydrogen-bond acceptors (Lipinski definition) is 4. The molecule has 2 rings (SSSR count). The molecule has 2 aromatic rings. The molecule has 1 heterocycles. The summed E-state index contributed by atoms with van der Waals surface area (Å²) >= 11 is 0. The molecule has 0 saturated carbocycles. The third-order valence-electron chi connectivity index (χ3n) is 3.02. The van der Waals surface area contributed by atoms with Crippen LogP contribution < -0.4 is 9.47 Å². The van der Waals surface area contributed by atoms with Crippen molar-refractivity contribution in [3.8, 4) is 11.5 Å². The lowest BCUT2D eigenvalue weighted by Crippen LogP contribution is -2.04. The lowest BCUT2D eigenvalue weighted by atomic mass is 10.1. The van der Waals surface area contributed by atoms with Gasteiger partial charge >= 0.3 is 0 Å². The number of nitrogens with zero attached hydrogens (tertiary/aromatic N) is 1. The first-order valence-electron chi connectivity index (χ1n) is 6.61. The number of rotatable bonds is 5. The van der Waals surface area contributed by atoms with Crippen molar-refractivity contribution in [3.63, 3.8) is 0 Å². The molecule has 0 fully saturated rings. The third kappa shape index (κ3) is 3.92. The van der Waals surface area contributed by atoms with Crippen molar-refractivity contribution in [2.24, 2.45) is 0 Å². The fraction of sp³-hybridized carbons (Fsp3) is 0.312. The molecule has 0 aliphatic rings. The van der Waals surface area contributed by atoms with Gasteiger partial charge in [0.25, 0.3) is 0 Å². The van der Waals surface area contributed by atoms with Gasteiger partial charge in [-0.05, 0) is 26.0 Å². The molecule has 0 saturated heterocycles. The van der Waals surface area contributed by atoms with Crippen LogP contribution >= 0.6 is 0 Å². The molecule has 1 aromatic heterocycles. The summed E-state index contributed by atoms with van der Waals surface area (Å²) in [5, 5.41) is 9.68. The van der Waals surface area contributed by atoms with Crippen molar-refractivity contribution < 1.29 is 19.0 Å². The Balaban J connectivity index is 2.20. The van der Waals surface area contributed by atoms with Gasteiger partial charge in [0.1, 0.15) is 23.9 Å². The van der Waals surface area contributed by atoms with E-state index in [2.05, 4.69) is 4.98 Å². The minimum atomic E-state index is -0.736. The van der Waals surface area contributed by atoms with E-state index in [1.807, 2.05) is 13.0 Å². The normalized spacial score (nSPS) is 12.0. The average Bonchev–Trinajstić information content (AvgIpc) is 2.44. The lowest BCUT2D eigenvalue weighted by molar-refractivity contribution is 0.189. The number of aliphatic hydroxyl groups excluding tert-OH is 1. The van der Waals surface area contributed by atoms with Crippen LogP contribution in [0.5, 0.6) is 11.5 Å². The Labute approximate surface area is 123 Å². The molecule has 5 heteroatoms. The quantitative estimate of drug-likeness (QED) is 0.919. The Morgan fingerprint density at radius 3 is 2.71 bits per heavy atom. The van der Waals surface area contributed by atoms with Gasteiger partial charge in [-0.25, -0.2) is 4.39 Å². The van der Waals surface area contributed by atoms with Gasteiger partial charge in [-0.1, -0.05) is 0 Å². The largest absolute Gasteiger partial charge is 0.497 e. The molecule has 112 valence electrons. The van der Waals surface area contributed by atoms with Crippen LogP contribution in [0.15, 0.2) is 30.3 Å². The number of pyridine rings is 1. The van der Waals surface area contributed by atoms with Crippen LogP contribution in [0.4, 0.5) is 4.39 Å². The third-order valence-corrected chi connectivity index (χ3v) is 3.02. The molecule has 0 aliphatic heterocycles. The zero-order valence-electron chi connectivity index (χ0n) is 12.3. The second kappa shape index (κ2) is 6.54. The Hall–Kier alpha value is -2.14. The molecule has 4 nitrogen and oxygen atoms in total. The molecular formula is C16H18FNO3. The smallest absolute Gasteiger partial charge is 0.130 e. The van der Waals surface area contributed by atoms with Gasteiger partial charge in [-0.2, -0.15) is 0 Å². The van der Waals surface area contributed by atoms with Crippen molar-refractivity contribution in [2.75, 3.05) is 7.11 Å². The van der Waals surface area contributed by atoms with E-state index in [0.717, 1.165) is 5.69 Å². The topological polar surface area (TPSA) is 51.6 Å². The van der Waals surface area contributed by atoms with Gasteiger partial charge in [0.2, 0.25) is 0 Å². The van der Waals surface area contributed by atoms with Crippen LogP contribution in [0, 0.1) is 12.7 Å². The molecule has 0 spiro atoms. The zero-order chi connectivity index (χ0) is 15.4. The van der Waals surface area contributed by atoms with E-state index in [9.17, 15) is 9.50 Å². The molecule has 0 radical (unpaired) electrons. The van der Waals surface area contributed by atoms with E-state index in [1.165, 1.54) is 18.2 Å². The van der Waals surface area contributed by atoms with Crippen molar-refractivity contribution in [2.45, 2.75) is 26.6 Å². The number of aliphatic hydroxyl groups is 1. The van der Waals surface area contributed by atoms with E-state index in [1.54, 1.807) is 20.1 Å². The summed E-state index contributed by atoms with van der Waals surface area (Å²) < 4.78 is 24.1. The number of ether oxygens (including phenoxy) is 2. The predicted molar refractivity (Wildman–Crippen MR) is 76.9 cm³/mol. The molecule has 0 unspecified atom stereocenters. The minimum Gasteiger partial charge on any atom is -0.497 e. The maximum absolute atomic E-state index is 13.3. The number of aromatic nitrogens is 1. The number of hydrogen-bond donors (Lipinski definition) is 1. The summed E-state index contributed by atoms with van der Waals surface area (Å²) in [6.45, 7) is 3.63. The molecule has 1 atom stereocenters. The second-order valence-electron chi connectivity index (χ2n) is 4.79. The number of halogens is 1. The highest BCUT2D eigenvalue weighted by atomic mass is 19.1. The number of benzene rings is 1. The summed E-state index contributed by atoms with van der Waals surface area (Å²) in [6, 6.07) is 7.64. The Morgan fingerprint density at radius 2 is 2.05 bits per heavy atom. The van der Waals surface area contributed by atoms with Gasteiger partial charge in [0.05, 0.1) is 18.9 Å². The minimum absolute atomic E-state index is 0.168. The van der Waals surface area contributed by atoms with E-state index < -0.39 is 11.9 Å². The van der Waals surface area contributed by atoms with Gasteiger partial charge in [0.15, 0.2) is 0 Å². The maximum Gasteiger partial charge on any atom is 0.130 e. The second-order valence-corrected chi connectivity index (χ2v) is 4.79. The molecule has 0 amide bonds. The van der Waals surface area contributed by atoms with Crippen LogP contribution in [0.25, 0.3) is 0 Å². The highest BCUT2D eigenvalue weighted by Crippen LogP contribution is 2.27. The average molecular weight is 291 g/mol. The van der Waals surface area contributed by atoms with Gasteiger partial charge in [0, 0.05) is 29.5 Å². The first-order valence-corrected chi connectivity index (χ1v) is 6.61. The van der Waals surface area contributed by atoms with E-state index in [0.29, 0.717) is 22.8 Å². The monoisotopic (exact) mass is 291 g/mol. The molecule has 21 heavy (non-hydrogen) atoms. The van der Waals surface area contributed by atoms with Crippen molar-refractivity contribution in [1.82, 2.24) is 4.98 Å². The predicted octanol–water partition coefficient (Wildman–Crippen LogP) is 3.17. The van der Waals surface area contributed by atoms with Crippen molar-refractivity contribution >= 4 is 0 Å². The van der Waals surface area contributed by atoms with Gasteiger partial charge < -0.3 is 14.6 Å². The lowest BCUT2D eigenvalue weighted by Gasteiger charge is -2.14. The molecule has 1 N–H and O–H groups in total. The maximum atomic E-state index is 13.3. The number of aryl methyl sites for hydroxylation is 1. The fourth-order valence-electron chi connectivity index (χ4n) is 2.02. The van der Waals surface area contributed by atoms with E-state index >= 15 is 0 Å². The van der Waals surface area contributed by atoms with Crippen molar-refractivity contribution in [3.05, 3.63) is 53.1 Å². The van der Waals surface area contributed by atoms with Crippen LogP contribution in [-0.4, -0.2) is 17.2 Å². The first kappa shape index (κ1) is 15.3. The molecule has 1 aromatic carbocycles. The standard InChI is InChI=1S/C16H18FNO3/c1-10-6-14(20-3)8-13(18-10)9-21-16-7-12(17)4-5-15(16)11(2)19/h4-8,11,19H,9H2,1-3H3/t11-/m1/s1. The Bertz CT molecular complexity index is 629. The molecule has 0 aliphatic carbocycles. The number of methoxy groups -OCH3 is 1. The zero-order valence-corrected chi connectivity index (χ0v) is 12.3. The summed E-state index contributed by atoms with van der Waals surface area (Å²) in [4.78, 5) is 4.33. The fourth-order valence-corrected chi connectivity index (χ4v) is 2.02. The van der Waals surface area contributed by atoms with E-state index in [-0.39, 0.29) is 6.61 Å². The van der Waals surface area contributed by atoms with Crippen LogP contribution in [-0.2, 0) is 6.61 Å².